The monoisotopic (exact) mass is 449 g/mol. The van der Waals surface area contributed by atoms with Gasteiger partial charge in [0.05, 0.1) is 24.1 Å². The zero-order valence-electron chi connectivity index (χ0n) is 18.3. The highest BCUT2D eigenvalue weighted by molar-refractivity contribution is 5.69. The van der Waals surface area contributed by atoms with Gasteiger partial charge in [-0.3, -0.25) is 0 Å². The highest BCUT2D eigenvalue weighted by Crippen LogP contribution is 2.28. The van der Waals surface area contributed by atoms with E-state index in [9.17, 15) is 9.18 Å². The van der Waals surface area contributed by atoms with Crippen molar-refractivity contribution in [3.63, 3.8) is 0 Å². The van der Waals surface area contributed by atoms with Gasteiger partial charge in [0.15, 0.2) is 12.5 Å². The lowest BCUT2D eigenvalue weighted by atomic mass is 10.1. The number of benzene rings is 2. The fourth-order valence-electron chi connectivity index (χ4n) is 3.70. The van der Waals surface area contributed by atoms with E-state index in [4.69, 9.17) is 14.7 Å². The first kappa shape index (κ1) is 22.1. The SMILES string of the molecule is COc1ccc(-n2nc(NCOC(=O)N3CCCCC3)cc2-c2ccc(C#N)c(F)c2)cc1. The number of nitrogens with one attached hydrogen (secondary N) is 1. The Balaban J connectivity index is 1.57. The van der Waals surface area contributed by atoms with Gasteiger partial charge < -0.3 is 19.7 Å². The molecule has 1 N–H and O–H groups in total. The summed E-state index contributed by atoms with van der Waals surface area (Å²) < 4.78 is 26.5. The molecule has 0 aliphatic carbocycles. The van der Waals surface area contributed by atoms with Gasteiger partial charge in [-0.05, 0) is 55.7 Å². The van der Waals surface area contributed by atoms with Crippen LogP contribution in [-0.2, 0) is 4.74 Å². The zero-order chi connectivity index (χ0) is 23.2. The van der Waals surface area contributed by atoms with Crippen molar-refractivity contribution in [1.29, 1.82) is 5.26 Å². The molecule has 3 aromatic rings. The summed E-state index contributed by atoms with van der Waals surface area (Å²) in [7, 11) is 1.58. The van der Waals surface area contributed by atoms with Gasteiger partial charge in [0.25, 0.3) is 0 Å². The minimum Gasteiger partial charge on any atom is -0.497 e. The molecule has 8 nitrogen and oxygen atoms in total. The molecular formula is C24H24FN5O3. The van der Waals surface area contributed by atoms with Crippen LogP contribution in [0.5, 0.6) is 5.75 Å². The van der Waals surface area contributed by atoms with Gasteiger partial charge in [-0.25, -0.2) is 13.9 Å². The fraction of sp³-hybridized carbons (Fsp3) is 0.292. The predicted octanol–water partition coefficient (Wildman–Crippen LogP) is 4.55. The number of carbonyl (C=O) groups excluding carboxylic acids is 1. The highest BCUT2D eigenvalue weighted by atomic mass is 19.1. The Morgan fingerprint density at radius 3 is 2.58 bits per heavy atom. The van der Waals surface area contributed by atoms with Crippen LogP contribution in [0.15, 0.2) is 48.5 Å². The molecule has 0 saturated carbocycles. The van der Waals surface area contributed by atoms with Crippen molar-refractivity contribution in [2.24, 2.45) is 0 Å². The number of halogens is 1. The second-order valence-electron chi connectivity index (χ2n) is 7.61. The Morgan fingerprint density at radius 2 is 1.91 bits per heavy atom. The molecule has 1 saturated heterocycles. The van der Waals surface area contributed by atoms with Crippen LogP contribution in [0.4, 0.5) is 15.0 Å². The third-order valence-electron chi connectivity index (χ3n) is 5.47. The van der Waals surface area contributed by atoms with E-state index in [1.807, 2.05) is 18.2 Å². The Kier molecular flexibility index (Phi) is 6.74. The minimum atomic E-state index is -0.609. The molecule has 2 aromatic carbocycles. The molecule has 1 aliphatic rings. The number of methoxy groups -OCH3 is 1. The maximum Gasteiger partial charge on any atom is 0.411 e. The van der Waals surface area contributed by atoms with E-state index in [0.29, 0.717) is 35.9 Å². The molecule has 1 aromatic heterocycles. The summed E-state index contributed by atoms with van der Waals surface area (Å²) in [4.78, 5) is 13.9. The van der Waals surface area contributed by atoms with Crippen molar-refractivity contribution < 1.29 is 18.7 Å². The number of amides is 1. The van der Waals surface area contributed by atoms with E-state index in [-0.39, 0.29) is 18.4 Å². The van der Waals surface area contributed by atoms with Crippen LogP contribution in [0.1, 0.15) is 24.8 Å². The van der Waals surface area contributed by atoms with Crippen molar-refractivity contribution >= 4 is 11.9 Å². The molecule has 1 aliphatic heterocycles. The van der Waals surface area contributed by atoms with Crippen molar-refractivity contribution in [3.8, 4) is 28.8 Å². The number of likely N-dealkylation sites (tertiary alicyclic amines) is 1. The number of aromatic nitrogens is 2. The van der Waals surface area contributed by atoms with Gasteiger partial charge in [0, 0.05) is 24.7 Å². The van der Waals surface area contributed by atoms with E-state index in [1.54, 1.807) is 41.0 Å². The largest absolute Gasteiger partial charge is 0.497 e. The van der Waals surface area contributed by atoms with Crippen LogP contribution < -0.4 is 10.1 Å². The molecule has 33 heavy (non-hydrogen) atoms. The summed E-state index contributed by atoms with van der Waals surface area (Å²) in [6.07, 6.45) is 2.74. The quantitative estimate of drug-likeness (QED) is 0.555. The van der Waals surface area contributed by atoms with Crippen molar-refractivity contribution in [2.45, 2.75) is 19.3 Å². The Morgan fingerprint density at radius 1 is 1.15 bits per heavy atom. The Hall–Kier alpha value is -4.06. The van der Waals surface area contributed by atoms with Crippen molar-refractivity contribution in [2.75, 3.05) is 32.2 Å². The summed E-state index contributed by atoms with van der Waals surface area (Å²) >= 11 is 0. The first-order chi connectivity index (χ1) is 16.1. The summed E-state index contributed by atoms with van der Waals surface area (Å²) in [6, 6.07) is 15.2. The van der Waals surface area contributed by atoms with Crippen LogP contribution in [0, 0.1) is 17.1 Å². The second kappa shape index (κ2) is 10.0. The molecular weight excluding hydrogens is 425 g/mol. The predicted molar refractivity (Wildman–Crippen MR) is 121 cm³/mol. The van der Waals surface area contributed by atoms with Crippen molar-refractivity contribution in [1.82, 2.24) is 14.7 Å². The molecule has 0 bridgehead atoms. The zero-order valence-corrected chi connectivity index (χ0v) is 18.3. The number of anilines is 1. The molecule has 170 valence electrons. The third-order valence-corrected chi connectivity index (χ3v) is 5.47. The first-order valence-electron chi connectivity index (χ1n) is 10.7. The summed E-state index contributed by atoms with van der Waals surface area (Å²) in [6.45, 7) is 1.37. The van der Waals surface area contributed by atoms with Gasteiger partial charge in [-0.2, -0.15) is 5.26 Å². The van der Waals surface area contributed by atoms with E-state index < -0.39 is 5.82 Å². The van der Waals surface area contributed by atoms with E-state index in [0.717, 1.165) is 24.9 Å². The minimum absolute atomic E-state index is 0.0303. The summed E-state index contributed by atoms with van der Waals surface area (Å²) in [5, 5.41) is 16.6. The molecule has 4 rings (SSSR count). The number of hydrogen-bond donors (Lipinski definition) is 1. The molecule has 2 heterocycles. The number of rotatable bonds is 6. The standard InChI is InChI=1S/C24H24FN5O3/c1-32-20-9-7-19(8-10-20)30-22(17-5-6-18(15-26)21(25)13-17)14-23(28-30)27-16-33-24(31)29-11-3-2-4-12-29/h5-10,13-14H,2-4,11-12,16H2,1H3,(H,27,28). The molecule has 0 radical (unpaired) electrons. The number of hydrogen-bond acceptors (Lipinski definition) is 6. The van der Waals surface area contributed by atoms with Crippen LogP contribution in [0.25, 0.3) is 16.9 Å². The lowest BCUT2D eigenvalue weighted by molar-refractivity contribution is 0.101. The Labute approximate surface area is 191 Å². The lowest BCUT2D eigenvalue weighted by Crippen LogP contribution is -2.36. The lowest BCUT2D eigenvalue weighted by Gasteiger charge is -2.25. The third kappa shape index (κ3) is 5.06. The number of piperidine rings is 1. The summed E-state index contributed by atoms with van der Waals surface area (Å²) in [5.41, 5.74) is 1.85. The number of nitriles is 1. The molecule has 0 unspecified atom stereocenters. The molecule has 1 amide bonds. The fourth-order valence-corrected chi connectivity index (χ4v) is 3.70. The highest BCUT2D eigenvalue weighted by Gasteiger charge is 2.18. The smallest absolute Gasteiger partial charge is 0.411 e. The Bertz CT molecular complexity index is 1160. The van der Waals surface area contributed by atoms with E-state index >= 15 is 0 Å². The van der Waals surface area contributed by atoms with Crippen LogP contribution in [-0.4, -0.2) is 47.7 Å². The van der Waals surface area contributed by atoms with Gasteiger partial charge in [-0.1, -0.05) is 6.07 Å². The van der Waals surface area contributed by atoms with E-state index in [1.165, 1.54) is 12.1 Å². The van der Waals surface area contributed by atoms with Gasteiger partial charge in [-0.15, -0.1) is 5.10 Å². The maximum absolute atomic E-state index is 14.3. The first-order valence-corrected chi connectivity index (χ1v) is 10.7. The number of nitrogens with zero attached hydrogens (tertiary/aromatic N) is 4. The van der Waals surface area contributed by atoms with Crippen LogP contribution in [0.3, 0.4) is 0 Å². The van der Waals surface area contributed by atoms with Gasteiger partial charge in [0.1, 0.15) is 17.6 Å². The number of carbonyl (C=O) groups is 1. The van der Waals surface area contributed by atoms with Crippen molar-refractivity contribution in [3.05, 3.63) is 59.9 Å². The molecule has 9 heteroatoms. The average Bonchev–Trinajstić information content (AvgIpc) is 3.28. The normalized spacial score (nSPS) is 13.3. The maximum atomic E-state index is 14.3. The van der Waals surface area contributed by atoms with Gasteiger partial charge >= 0.3 is 6.09 Å². The van der Waals surface area contributed by atoms with Crippen LogP contribution >= 0.6 is 0 Å². The van der Waals surface area contributed by atoms with E-state index in [2.05, 4.69) is 10.4 Å². The molecule has 0 atom stereocenters. The van der Waals surface area contributed by atoms with Crippen LogP contribution in [0.2, 0.25) is 0 Å². The average molecular weight is 449 g/mol. The second-order valence-corrected chi connectivity index (χ2v) is 7.61. The molecule has 1 fully saturated rings. The molecule has 0 spiro atoms. The summed E-state index contributed by atoms with van der Waals surface area (Å²) in [5.74, 6) is 0.541. The van der Waals surface area contributed by atoms with Gasteiger partial charge in [0.2, 0.25) is 0 Å². The topological polar surface area (TPSA) is 92.4 Å². The number of ether oxygens (including phenoxy) is 2.